The van der Waals surface area contributed by atoms with Gasteiger partial charge in [0.05, 0.1) is 6.61 Å². The lowest BCUT2D eigenvalue weighted by Gasteiger charge is -2.12. The minimum atomic E-state index is -3.76. The first-order valence-electron chi connectivity index (χ1n) is 6.02. The average Bonchev–Trinajstić information content (AvgIpc) is 2.43. The van der Waals surface area contributed by atoms with Gasteiger partial charge in [-0.1, -0.05) is 17.7 Å². The van der Waals surface area contributed by atoms with Gasteiger partial charge in [0.25, 0.3) is 10.0 Å². The maximum Gasteiger partial charge on any atom is 0.263 e. The van der Waals surface area contributed by atoms with Gasteiger partial charge in [0.15, 0.2) is 0 Å². The van der Waals surface area contributed by atoms with Crippen LogP contribution in [0.3, 0.4) is 0 Å². The van der Waals surface area contributed by atoms with Crippen molar-refractivity contribution in [1.82, 2.24) is 0 Å². The molecule has 2 N–H and O–H groups in total. The molecule has 0 aromatic heterocycles. The lowest BCUT2D eigenvalue weighted by atomic mass is 10.1. The van der Waals surface area contributed by atoms with Crippen LogP contribution in [0, 0.1) is 6.92 Å². The second kappa shape index (κ2) is 6.36. The van der Waals surface area contributed by atoms with Gasteiger partial charge < -0.3 is 5.11 Å². The van der Waals surface area contributed by atoms with Crippen molar-refractivity contribution in [3.05, 3.63) is 57.0 Å². The molecule has 2 aromatic carbocycles. The number of sulfonamides is 1. The minimum Gasteiger partial charge on any atom is -0.392 e. The molecule has 4 nitrogen and oxygen atoms in total. The number of rotatable bonds is 4. The standard InChI is InChI=1S/C14H13BrClNO3S/c1-9-6-10(8-18)7-13(14(9)15)21(19,20)17-12-4-2-11(16)3-5-12/h2-7,17-18H,8H2,1H3. The van der Waals surface area contributed by atoms with Gasteiger partial charge in [-0.25, -0.2) is 8.42 Å². The van der Waals surface area contributed by atoms with Crippen LogP contribution in [0.1, 0.15) is 11.1 Å². The van der Waals surface area contributed by atoms with E-state index in [1.54, 1.807) is 37.3 Å². The summed E-state index contributed by atoms with van der Waals surface area (Å²) in [4.78, 5) is 0.0847. The van der Waals surface area contributed by atoms with Crippen LogP contribution >= 0.6 is 27.5 Å². The molecule has 0 aliphatic rings. The summed E-state index contributed by atoms with van der Waals surface area (Å²) in [7, 11) is -3.76. The molecule has 21 heavy (non-hydrogen) atoms. The molecule has 0 radical (unpaired) electrons. The van der Waals surface area contributed by atoms with Gasteiger partial charge in [0.2, 0.25) is 0 Å². The van der Waals surface area contributed by atoms with Gasteiger partial charge >= 0.3 is 0 Å². The molecule has 112 valence electrons. The fraction of sp³-hybridized carbons (Fsp3) is 0.143. The van der Waals surface area contributed by atoms with Crippen molar-refractivity contribution in [2.24, 2.45) is 0 Å². The summed E-state index contributed by atoms with van der Waals surface area (Å²) in [5.74, 6) is 0. The zero-order valence-electron chi connectivity index (χ0n) is 11.1. The van der Waals surface area contributed by atoms with Crippen molar-refractivity contribution in [3.8, 4) is 0 Å². The molecule has 0 bridgehead atoms. The zero-order valence-corrected chi connectivity index (χ0v) is 14.3. The predicted octanol–water partition coefficient (Wildman–Crippen LogP) is 3.70. The Bertz CT molecular complexity index is 761. The van der Waals surface area contributed by atoms with Crippen molar-refractivity contribution in [3.63, 3.8) is 0 Å². The van der Waals surface area contributed by atoms with Crippen molar-refractivity contribution in [1.29, 1.82) is 0 Å². The molecule has 2 rings (SSSR count). The van der Waals surface area contributed by atoms with E-state index in [2.05, 4.69) is 20.7 Å². The lowest BCUT2D eigenvalue weighted by molar-refractivity contribution is 0.281. The summed E-state index contributed by atoms with van der Waals surface area (Å²) in [6.45, 7) is 1.54. The Kier molecular flexibility index (Phi) is 4.93. The van der Waals surface area contributed by atoms with Crippen molar-refractivity contribution in [2.45, 2.75) is 18.4 Å². The maximum atomic E-state index is 12.5. The van der Waals surface area contributed by atoms with Crippen molar-refractivity contribution < 1.29 is 13.5 Å². The van der Waals surface area contributed by atoms with E-state index < -0.39 is 10.0 Å². The Balaban J connectivity index is 2.44. The van der Waals surface area contributed by atoms with E-state index in [0.717, 1.165) is 5.56 Å². The highest BCUT2D eigenvalue weighted by atomic mass is 79.9. The van der Waals surface area contributed by atoms with Gasteiger partial charge in [0.1, 0.15) is 4.90 Å². The molecular formula is C14H13BrClNO3S. The molecule has 7 heteroatoms. The van der Waals surface area contributed by atoms with Crippen LogP contribution in [0.15, 0.2) is 45.8 Å². The molecular weight excluding hydrogens is 378 g/mol. The van der Waals surface area contributed by atoms with Crippen LogP contribution in [0.2, 0.25) is 5.02 Å². The molecule has 0 fully saturated rings. The summed E-state index contributed by atoms with van der Waals surface area (Å²) in [6.07, 6.45) is 0. The van der Waals surface area contributed by atoms with E-state index in [1.165, 1.54) is 6.07 Å². The molecule has 0 spiro atoms. The first-order valence-corrected chi connectivity index (χ1v) is 8.67. The first-order chi connectivity index (χ1) is 9.83. The zero-order chi connectivity index (χ0) is 15.6. The van der Waals surface area contributed by atoms with E-state index in [4.69, 9.17) is 11.6 Å². The lowest BCUT2D eigenvalue weighted by Crippen LogP contribution is -2.14. The predicted molar refractivity (Wildman–Crippen MR) is 87.1 cm³/mol. The van der Waals surface area contributed by atoms with Crippen LogP contribution in [-0.4, -0.2) is 13.5 Å². The van der Waals surface area contributed by atoms with Gasteiger partial charge in [-0.3, -0.25) is 4.72 Å². The molecule has 0 saturated heterocycles. The number of anilines is 1. The van der Waals surface area contributed by atoms with Crippen molar-refractivity contribution >= 4 is 43.2 Å². The van der Waals surface area contributed by atoms with E-state index >= 15 is 0 Å². The molecule has 2 aromatic rings. The number of hydrogen-bond donors (Lipinski definition) is 2. The Hall–Kier alpha value is -1.08. The monoisotopic (exact) mass is 389 g/mol. The van der Waals surface area contributed by atoms with Gasteiger partial charge in [-0.15, -0.1) is 0 Å². The summed E-state index contributed by atoms with van der Waals surface area (Å²) in [6, 6.07) is 9.53. The highest BCUT2D eigenvalue weighted by molar-refractivity contribution is 9.10. The van der Waals surface area contributed by atoms with Crippen molar-refractivity contribution in [2.75, 3.05) is 4.72 Å². The number of halogens is 2. The number of aliphatic hydroxyl groups excluding tert-OH is 1. The Labute approximate surface area is 136 Å². The van der Waals surface area contributed by atoms with Crippen LogP contribution in [0.4, 0.5) is 5.69 Å². The van der Waals surface area contributed by atoms with Crippen LogP contribution in [0.5, 0.6) is 0 Å². The largest absolute Gasteiger partial charge is 0.392 e. The quantitative estimate of drug-likeness (QED) is 0.836. The number of benzene rings is 2. The highest BCUT2D eigenvalue weighted by Gasteiger charge is 2.20. The van der Waals surface area contributed by atoms with Crippen LogP contribution in [-0.2, 0) is 16.6 Å². The molecule has 0 unspecified atom stereocenters. The molecule has 0 aliphatic heterocycles. The summed E-state index contributed by atoms with van der Waals surface area (Å²) >= 11 is 9.06. The second-order valence-electron chi connectivity index (χ2n) is 4.50. The fourth-order valence-electron chi connectivity index (χ4n) is 1.82. The molecule has 0 atom stereocenters. The van der Waals surface area contributed by atoms with E-state index in [9.17, 15) is 13.5 Å². The normalized spacial score (nSPS) is 11.4. The van der Waals surface area contributed by atoms with Crippen LogP contribution < -0.4 is 4.72 Å². The summed E-state index contributed by atoms with van der Waals surface area (Å²) in [5, 5.41) is 9.74. The third-order valence-corrected chi connectivity index (χ3v) is 5.82. The van der Waals surface area contributed by atoms with E-state index in [1.807, 2.05) is 0 Å². The summed E-state index contributed by atoms with van der Waals surface area (Å²) < 4.78 is 27.9. The van der Waals surface area contributed by atoms with E-state index in [-0.39, 0.29) is 11.5 Å². The number of hydrogen-bond acceptors (Lipinski definition) is 3. The van der Waals surface area contributed by atoms with Gasteiger partial charge in [-0.05, 0) is 64.3 Å². The molecule has 0 aliphatic carbocycles. The smallest absolute Gasteiger partial charge is 0.263 e. The molecule has 0 heterocycles. The SMILES string of the molecule is Cc1cc(CO)cc(S(=O)(=O)Nc2ccc(Cl)cc2)c1Br. The average molecular weight is 391 g/mol. The first kappa shape index (κ1) is 16.3. The summed E-state index contributed by atoms with van der Waals surface area (Å²) in [5.41, 5.74) is 1.68. The number of aliphatic hydroxyl groups is 1. The third kappa shape index (κ3) is 3.77. The highest BCUT2D eigenvalue weighted by Crippen LogP contribution is 2.29. The number of nitrogens with one attached hydrogen (secondary N) is 1. The number of aryl methyl sites for hydroxylation is 1. The molecule has 0 amide bonds. The third-order valence-electron chi connectivity index (χ3n) is 2.85. The second-order valence-corrected chi connectivity index (χ2v) is 7.38. The Morgan fingerprint density at radius 2 is 1.86 bits per heavy atom. The Morgan fingerprint density at radius 3 is 2.43 bits per heavy atom. The minimum absolute atomic E-state index is 0.0847. The van der Waals surface area contributed by atoms with Crippen LogP contribution in [0.25, 0.3) is 0 Å². The Morgan fingerprint density at radius 1 is 1.24 bits per heavy atom. The van der Waals surface area contributed by atoms with Gasteiger partial charge in [0, 0.05) is 15.2 Å². The topological polar surface area (TPSA) is 66.4 Å². The van der Waals surface area contributed by atoms with E-state index in [0.29, 0.717) is 20.7 Å². The van der Waals surface area contributed by atoms with Gasteiger partial charge in [-0.2, -0.15) is 0 Å². The molecule has 0 saturated carbocycles. The fourth-order valence-corrected chi connectivity index (χ4v) is 4.08. The maximum absolute atomic E-state index is 12.5.